The van der Waals surface area contributed by atoms with Crippen LogP contribution in [-0.2, 0) is 30.7 Å². The van der Waals surface area contributed by atoms with Crippen LogP contribution in [0.2, 0.25) is 0 Å². The van der Waals surface area contributed by atoms with Gasteiger partial charge in [-0.1, -0.05) is 24.3 Å². The average Bonchev–Trinajstić information content (AvgIpc) is 3.15. The van der Waals surface area contributed by atoms with E-state index in [2.05, 4.69) is 39.5 Å². The van der Waals surface area contributed by atoms with Crippen molar-refractivity contribution >= 4 is 5.91 Å². The summed E-state index contributed by atoms with van der Waals surface area (Å²) in [5.41, 5.74) is 3.12. The molecular formula is C21H28N4O3. The van der Waals surface area contributed by atoms with Gasteiger partial charge < -0.3 is 19.7 Å². The molecular weight excluding hydrogens is 356 g/mol. The Morgan fingerprint density at radius 3 is 3.00 bits per heavy atom. The van der Waals surface area contributed by atoms with Crippen molar-refractivity contribution in [3.8, 4) is 0 Å². The lowest BCUT2D eigenvalue weighted by Gasteiger charge is -2.30. The van der Waals surface area contributed by atoms with Crippen molar-refractivity contribution < 1.29 is 14.6 Å². The van der Waals surface area contributed by atoms with Crippen LogP contribution in [0, 0.1) is 0 Å². The van der Waals surface area contributed by atoms with Crippen molar-refractivity contribution in [3.05, 3.63) is 53.1 Å². The normalized spacial score (nSPS) is 20.3. The molecule has 2 aromatic rings. The monoisotopic (exact) mass is 384 g/mol. The van der Waals surface area contributed by atoms with Gasteiger partial charge in [0, 0.05) is 45.9 Å². The summed E-state index contributed by atoms with van der Waals surface area (Å²) in [4.78, 5) is 19.1. The first-order chi connectivity index (χ1) is 13.6. The molecule has 2 unspecified atom stereocenters. The number of ether oxygens (including phenoxy) is 1. The summed E-state index contributed by atoms with van der Waals surface area (Å²) in [7, 11) is 1.71. The van der Waals surface area contributed by atoms with Crippen LogP contribution in [0.15, 0.2) is 30.5 Å². The van der Waals surface area contributed by atoms with Gasteiger partial charge in [-0.15, -0.1) is 0 Å². The van der Waals surface area contributed by atoms with Gasteiger partial charge in [0.2, 0.25) is 0 Å². The fourth-order valence-corrected chi connectivity index (χ4v) is 4.09. The molecule has 0 saturated carbocycles. The molecule has 4 rings (SSSR count). The number of aliphatic hydroxyl groups excluding tert-OH is 1. The van der Waals surface area contributed by atoms with Crippen LogP contribution in [0.5, 0.6) is 0 Å². The number of hydrogen-bond donors (Lipinski definition) is 2. The highest BCUT2D eigenvalue weighted by Gasteiger charge is 2.23. The smallest absolute Gasteiger partial charge is 0.271 e. The molecule has 1 aromatic heterocycles. The topological polar surface area (TPSA) is 79.6 Å². The van der Waals surface area contributed by atoms with Crippen LogP contribution in [0.1, 0.15) is 33.9 Å². The third kappa shape index (κ3) is 4.27. The second kappa shape index (κ2) is 8.43. The first-order valence-corrected chi connectivity index (χ1v) is 9.96. The minimum Gasteiger partial charge on any atom is -0.390 e. The van der Waals surface area contributed by atoms with Gasteiger partial charge in [-0.05, 0) is 24.0 Å². The molecule has 0 fully saturated rings. The van der Waals surface area contributed by atoms with Gasteiger partial charge in [-0.2, -0.15) is 0 Å². The number of methoxy groups -OCH3 is 1. The number of rotatable bonds is 6. The highest BCUT2D eigenvalue weighted by molar-refractivity contribution is 5.92. The molecule has 3 heterocycles. The summed E-state index contributed by atoms with van der Waals surface area (Å²) in [6.07, 6.45) is 4.08. The van der Waals surface area contributed by atoms with Crippen molar-refractivity contribution in [2.24, 2.45) is 0 Å². The number of imidazole rings is 1. The number of carbonyl (C=O) groups excluding carboxylic acids is 1. The molecule has 1 aromatic carbocycles. The summed E-state index contributed by atoms with van der Waals surface area (Å²) >= 11 is 0. The summed E-state index contributed by atoms with van der Waals surface area (Å²) in [6, 6.07) is 8.44. The molecule has 0 aliphatic carbocycles. The van der Waals surface area contributed by atoms with E-state index >= 15 is 0 Å². The van der Waals surface area contributed by atoms with Crippen molar-refractivity contribution in [1.29, 1.82) is 0 Å². The molecule has 2 aliphatic rings. The number of carbonyl (C=O) groups is 1. The van der Waals surface area contributed by atoms with Gasteiger partial charge >= 0.3 is 0 Å². The number of aryl methyl sites for hydroxylation is 1. The van der Waals surface area contributed by atoms with E-state index in [1.54, 1.807) is 13.3 Å². The number of amides is 1. The Kier molecular flexibility index (Phi) is 5.75. The minimum atomic E-state index is -0.607. The van der Waals surface area contributed by atoms with Crippen molar-refractivity contribution in [1.82, 2.24) is 19.8 Å². The van der Waals surface area contributed by atoms with E-state index in [0.717, 1.165) is 44.7 Å². The minimum absolute atomic E-state index is 0.175. The molecule has 0 bridgehead atoms. The van der Waals surface area contributed by atoms with Crippen molar-refractivity contribution in [3.63, 3.8) is 0 Å². The van der Waals surface area contributed by atoms with E-state index in [1.807, 2.05) is 4.57 Å². The molecule has 1 amide bonds. The summed E-state index contributed by atoms with van der Waals surface area (Å²) in [5.74, 6) is 0.685. The second-order valence-corrected chi connectivity index (χ2v) is 7.71. The molecule has 7 nitrogen and oxygen atoms in total. The number of β-amino-alcohol motifs (C(OH)–C–C–N with tert-alkyl or cyclic N) is 1. The highest BCUT2D eigenvalue weighted by atomic mass is 16.5. The van der Waals surface area contributed by atoms with E-state index in [-0.39, 0.29) is 18.6 Å². The first-order valence-electron chi connectivity index (χ1n) is 9.96. The van der Waals surface area contributed by atoms with E-state index in [1.165, 1.54) is 11.1 Å². The maximum atomic E-state index is 12.4. The van der Waals surface area contributed by atoms with Gasteiger partial charge in [0.25, 0.3) is 5.91 Å². The maximum absolute atomic E-state index is 12.4. The molecule has 28 heavy (non-hydrogen) atoms. The fourth-order valence-electron chi connectivity index (χ4n) is 4.09. The Labute approximate surface area is 165 Å². The summed E-state index contributed by atoms with van der Waals surface area (Å²) in [6.45, 7) is 3.26. The van der Waals surface area contributed by atoms with Crippen LogP contribution in [-0.4, -0.2) is 64.4 Å². The molecule has 0 saturated heterocycles. The quantitative estimate of drug-likeness (QED) is 0.777. The van der Waals surface area contributed by atoms with Crippen LogP contribution >= 0.6 is 0 Å². The zero-order valence-electron chi connectivity index (χ0n) is 16.3. The number of benzene rings is 1. The lowest BCUT2D eigenvalue weighted by atomic mass is 10.00. The molecule has 2 atom stereocenters. The number of nitrogens with zero attached hydrogens (tertiary/aromatic N) is 3. The predicted molar refractivity (Wildman–Crippen MR) is 105 cm³/mol. The molecule has 0 radical (unpaired) electrons. The van der Waals surface area contributed by atoms with E-state index in [4.69, 9.17) is 4.74 Å². The van der Waals surface area contributed by atoms with Gasteiger partial charge in [0.1, 0.15) is 11.5 Å². The Hall–Kier alpha value is -2.22. The molecule has 150 valence electrons. The zero-order valence-corrected chi connectivity index (χ0v) is 16.3. The number of hydrogen-bond acceptors (Lipinski definition) is 5. The standard InChI is InChI=1S/C21H28N4O3/c1-28-18-6-7-20-23-19(14-25(20)13-18)21(27)22-10-17(26)12-24-9-8-15-4-2-3-5-16(15)11-24/h2-5,14,17-18,26H,6-13H2,1H3,(H,22,27). The molecule has 2 N–H and O–H groups in total. The highest BCUT2D eigenvalue weighted by Crippen LogP contribution is 2.19. The number of aromatic nitrogens is 2. The van der Waals surface area contributed by atoms with Crippen LogP contribution in [0.3, 0.4) is 0 Å². The van der Waals surface area contributed by atoms with Gasteiger partial charge in [-0.3, -0.25) is 9.69 Å². The maximum Gasteiger partial charge on any atom is 0.271 e. The lowest BCUT2D eigenvalue weighted by Crippen LogP contribution is -2.42. The Bertz CT molecular complexity index is 835. The number of fused-ring (bicyclic) bond motifs is 2. The average molecular weight is 384 g/mol. The van der Waals surface area contributed by atoms with Crippen LogP contribution < -0.4 is 5.32 Å². The Balaban J connectivity index is 1.27. The zero-order chi connectivity index (χ0) is 19.5. The van der Waals surface area contributed by atoms with Crippen LogP contribution in [0.4, 0.5) is 0 Å². The lowest BCUT2D eigenvalue weighted by molar-refractivity contribution is 0.0706. The SMILES string of the molecule is COC1CCc2nc(C(=O)NCC(O)CN3CCc4ccccc4C3)cn2C1. The Morgan fingerprint density at radius 2 is 2.18 bits per heavy atom. The number of nitrogens with one attached hydrogen (secondary N) is 1. The largest absolute Gasteiger partial charge is 0.390 e. The third-order valence-electron chi connectivity index (χ3n) is 5.69. The molecule has 2 aliphatic heterocycles. The van der Waals surface area contributed by atoms with Gasteiger partial charge in [0.05, 0.1) is 18.8 Å². The summed E-state index contributed by atoms with van der Waals surface area (Å²) < 4.78 is 7.40. The molecule has 7 heteroatoms. The van der Waals surface area contributed by atoms with Crippen LogP contribution in [0.25, 0.3) is 0 Å². The predicted octanol–water partition coefficient (Wildman–Crippen LogP) is 0.993. The van der Waals surface area contributed by atoms with E-state index in [9.17, 15) is 9.90 Å². The second-order valence-electron chi connectivity index (χ2n) is 7.71. The fraction of sp³-hybridized carbons (Fsp3) is 0.524. The first kappa shape index (κ1) is 19.1. The third-order valence-corrected chi connectivity index (χ3v) is 5.69. The van der Waals surface area contributed by atoms with Crippen molar-refractivity contribution in [2.75, 3.05) is 26.7 Å². The molecule has 0 spiro atoms. The van der Waals surface area contributed by atoms with Gasteiger partial charge in [-0.25, -0.2) is 4.98 Å². The van der Waals surface area contributed by atoms with E-state index in [0.29, 0.717) is 12.2 Å². The van der Waals surface area contributed by atoms with Gasteiger partial charge in [0.15, 0.2) is 0 Å². The number of aliphatic hydroxyl groups is 1. The Morgan fingerprint density at radius 1 is 1.36 bits per heavy atom. The van der Waals surface area contributed by atoms with E-state index < -0.39 is 6.10 Å². The van der Waals surface area contributed by atoms with Crippen molar-refractivity contribution in [2.45, 2.75) is 44.6 Å². The summed E-state index contributed by atoms with van der Waals surface area (Å²) in [5, 5.41) is 13.2.